The SMILES string of the molecule is CC[C@@](C)(CCNC(=O)c1c[nH]c(=O)cn1)c1ccccc1OC. The molecule has 0 aliphatic rings. The molecule has 0 aliphatic carbocycles. The number of nitrogens with zero attached hydrogens (tertiary/aromatic N) is 1. The van der Waals surface area contributed by atoms with Crippen LogP contribution in [0.25, 0.3) is 0 Å². The Morgan fingerprint density at radius 1 is 1.38 bits per heavy atom. The van der Waals surface area contributed by atoms with E-state index in [9.17, 15) is 9.59 Å². The third-order valence-electron chi connectivity index (χ3n) is 4.40. The molecule has 0 unspecified atom stereocenters. The van der Waals surface area contributed by atoms with Crippen LogP contribution in [0.2, 0.25) is 0 Å². The van der Waals surface area contributed by atoms with Gasteiger partial charge in [-0.05, 0) is 24.3 Å². The van der Waals surface area contributed by atoms with Gasteiger partial charge in [0.1, 0.15) is 11.4 Å². The molecule has 1 amide bonds. The summed E-state index contributed by atoms with van der Waals surface area (Å²) in [5, 5.41) is 2.85. The molecule has 24 heavy (non-hydrogen) atoms. The van der Waals surface area contributed by atoms with Gasteiger partial charge < -0.3 is 15.0 Å². The molecular formula is C18H23N3O3. The Labute approximate surface area is 141 Å². The van der Waals surface area contributed by atoms with Crippen LogP contribution in [-0.4, -0.2) is 29.5 Å². The third kappa shape index (κ3) is 4.01. The topological polar surface area (TPSA) is 84.1 Å². The number of carbonyl (C=O) groups is 1. The summed E-state index contributed by atoms with van der Waals surface area (Å²) in [6.07, 6.45) is 4.09. The minimum atomic E-state index is -0.332. The van der Waals surface area contributed by atoms with Crippen molar-refractivity contribution in [3.63, 3.8) is 0 Å². The first kappa shape index (κ1) is 17.7. The monoisotopic (exact) mass is 329 g/mol. The highest BCUT2D eigenvalue weighted by Crippen LogP contribution is 2.36. The van der Waals surface area contributed by atoms with Gasteiger partial charge in [0.25, 0.3) is 11.5 Å². The van der Waals surface area contributed by atoms with Crippen LogP contribution in [-0.2, 0) is 5.41 Å². The first-order valence-corrected chi connectivity index (χ1v) is 7.96. The zero-order valence-electron chi connectivity index (χ0n) is 14.3. The van der Waals surface area contributed by atoms with E-state index in [0.717, 1.165) is 30.4 Å². The van der Waals surface area contributed by atoms with Crippen molar-refractivity contribution in [3.8, 4) is 5.75 Å². The smallest absolute Gasteiger partial charge is 0.271 e. The summed E-state index contributed by atoms with van der Waals surface area (Å²) in [5.74, 6) is 0.556. The quantitative estimate of drug-likeness (QED) is 0.816. The van der Waals surface area contributed by atoms with Gasteiger partial charge in [0.15, 0.2) is 0 Å². The lowest BCUT2D eigenvalue weighted by molar-refractivity contribution is 0.0945. The minimum absolute atomic E-state index is 0.113. The Bertz CT molecular complexity index is 737. The lowest BCUT2D eigenvalue weighted by atomic mass is 9.77. The molecular weight excluding hydrogens is 306 g/mol. The van der Waals surface area contributed by atoms with Crippen molar-refractivity contribution in [1.82, 2.24) is 15.3 Å². The minimum Gasteiger partial charge on any atom is -0.496 e. The first-order chi connectivity index (χ1) is 11.5. The highest BCUT2D eigenvalue weighted by atomic mass is 16.5. The van der Waals surface area contributed by atoms with Gasteiger partial charge >= 0.3 is 0 Å². The summed E-state index contributed by atoms with van der Waals surface area (Å²) in [6, 6.07) is 7.95. The number of nitrogens with one attached hydrogen (secondary N) is 2. The number of hydrogen-bond donors (Lipinski definition) is 2. The van der Waals surface area contributed by atoms with Crippen molar-refractivity contribution in [2.24, 2.45) is 0 Å². The fraction of sp³-hybridized carbons (Fsp3) is 0.389. The molecule has 0 saturated heterocycles. The number of benzene rings is 1. The Morgan fingerprint density at radius 3 is 2.75 bits per heavy atom. The van der Waals surface area contributed by atoms with E-state index in [-0.39, 0.29) is 22.6 Å². The summed E-state index contributed by atoms with van der Waals surface area (Å²) < 4.78 is 5.47. The number of rotatable bonds is 7. The summed E-state index contributed by atoms with van der Waals surface area (Å²) in [6.45, 7) is 4.79. The second-order valence-corrected chi connectivity index (χ2v) is 5.92. The van der Waals surface area contributed by atoms with Gasteiger partial charge in [-0.15, -0.1) is 0 Å². The maximum Gasteiger partial charge on any atom is 0.271 e. The van der Waals surface area contributed by atoms with Crippen LogP contribution >= 0.6 is 0 Å². The number of hydrogen-bond acceptors (Lipinski definition) is 4. The van der Waals surface area contributed by atoms with Crippen LogP contribution in [0.15, 0.2) is 41.5 Å². The highest BCUT2D eigenvalue weighted by molar-refractivity contribution is 5.91. The first-order valence-electron chi connectivity index (χ1n) is 7.96. The van der Waals surface area contributed by atoms with Gasteiger partial charge in [-0.2, -0.15) is 0 Å². The van der Waals surface area contributed by atoms with Crippen LogP contribution in [0.3, 0.4) is 0 Å². The maximum absolute atomic E-state index is 12.1. The summed E-state index contributed by atoms with van der Waals surface area (Å²) in [7, 11) is 1.67. The molecule has 2 rings (SSSR count). The number of methoxy groups -OCH3 is 1. The van der Waals surface area contributed by atoms with Gasteiger partial charge in [-0.3, -0.25) is 9.59 Å². The van der Waals surface area contributed by atoms with E-state index >= 15 is 0 Å². The zero-order chi connectivity index (χ0) is 17.6. The van der Waals surface area contributed by atoms with Crippen LogP contribution in [0.1, 0.15) is 42.7 Å². The van der Waals surface area contributed by atoms with E-state index in [0.29, 0.717) is 6.54 Å². The lowest BCUT2D eigenvalue weighted by Gasteiger charge is -2.30. The van der Waals surface area contributed by atoms with Gasteiger partial charge in [0.05, 0.1) is 13.3 Å². The predicted octanol–water partition coefficient (Wildman–Crippen LogP) is 2.27. The molecule has 1 aromatic carbocycles. The molecule has 0 aliphatic heterocycles. The standard InChI is InChI=1S/C18H23N3O3/c1-4-18(2,13-7-5-6-8-15(13)24-3)9-10-19-17(23)14-11-21-16(22)12-20-14/h5-8,11-12H,4,9-10H2,1-3H3,(H,19,23)(H,21,22)/t18-/m0/s1. The lowest BCUT2D eigenvalue weighted by Crippen LogP contribution is -2.32. The number of para-hydroxylation sites is 1. The fourth-order valence-corrected chi connectivity index (χ4v) is 2.65. The van der Waals surface area contributed by atoms with Crippen LogP contribution in [0.4, 0.5) is 0 Å². The maximum atomic E-state index is 12.1. The Morgan fingerprint density at radius 2 is 2.12 bits per heavy atom. The molecule has 2 aromatic rings. The molecule has 0 bridgehead atoms. The van der Waals surface area contributed by atoms with Crippen molar-refractivity contribution in [1.29, 1.82) is 0 Å². The summed E-state index contributed by atoms with van der Waals surface area (Å²) in [5.41, 5.74) is 0.885. The molecule has 0 spiro atoms. The summed E-state index contributed by atoms with van der Waals surface area (Å²) in [4.78, 5) is 29.3. The molecule has 0 fully saturated rings. The van der Waals surface area contributed by atoms with E-state index in [1.165, 1.54) is 6.20 Å². The predicted molar refractivity (Wildman–Crippen MR) is 92.4 cm³/mol. The van der Waals surface area contributed by atoms with E-state index in [1.54, 1.807) is 7.11 Å². The molecule has 0 saturated carbocycles. The van der Waals surface area contributed by atoms with E-state index in [4.69, 9.17) is 4.74 Å². The zero-order valence-corrected chi connectivity index (χ0v) is 14.3. The molecule has 128 valence electrons. The van der Waals surface area contributed by atoms with E-state index in [2.05, 4.69) is 35.2 Å². The van der Waals surface area contributed by atoms with Gasteiger partial charge in [0, 0.05) is 18.3 Å². The molecule has 6 nitrogen and oxygen atoms in total. The van der Waals surface area contributed by atoms with Crippen molar-refractivity contribution in [2.75, 3.05) is 13.7 Å². The number of H-pyrrole nitrogens is 1. The fourth-order valence-electron chi connectivity index (χ4n) is 2.65. The normalized spacial score (nSPS) is 13.1. The van der Waals surface area contributed by atoms with Crippen LogP contribution in [0.5, 0.6) is 5.75 Å². The van der Waals surface area contributed by atoms with Gasteiger partial charge in [-0.25, -0.2) is 4.98 Å². The molecule has 6 heteroatoms. The highest BCUT2D eigenvalue weighted by Gasteiger charge is 2.27. The second-order valence-electron chi connectivity index (χ2n) is 5.92. The second kappa shape index (κ2) is 7.77. The molecule has 1 atom stereocenters. The van der Waals surface area contributed by atoms with E-state index < -0.39 is 0 Å². The number of aromatic amines is 1. The number of carbonyl (C=O) groups excluding carboxylic acids is 1. The molecule has 1 aromatic heterocycles. The van der Waals surface area contributed by atoms with Crippen molar-refractivity contribution >= 4 is 5.91 Å². The van der Waals surface area contributed by atoms with Gasteiger partial charge in [-0.1, -0.05) is 32.0 Å². The summed E-state index contributed by atoms with van der Waals surface area (Å²) >= 11 is 0. The molecule has 0 radical (unpaired) electrons. The third-order valence-corrected chi connectivity index (χ3v) is 4.40. The van der Waals surface area contributed by atoms with E-state index in [1.807, 2.05) is 18.2 Å². The van der Waals surface area contributed by atoms with Crippen LogP contribution in [0, 0.1) is 0 Å². The largest absolute Gasteiger partial charge is 0.496 e. The van der Waals surface area contributed by atoms with Crippen LogP contribution < -0.4 is 15.6 Å². The Hall–Kier alpha value is -2.63. The van der Waals surface area contributed by atoms with Gasteiger partial charge in [0.2, 0.25) is 0 Å². The Balaban J connectivity index is 2.04. The van der Waals surface area contributed by atoms with Crippen molar-refractivity contribution in [2.45, 2.75) is 32.1 Å². The number of ether oxygens (including phenoxy) is 1. The van der Waals surface area contributed by atoms with Crippen molar-refractivity contribution in [3.05, 3.63) is 58.3 Å². The number of amides is 1. The average Bonchev–Trinajstić information content (AvgIpc) is 2.62. The van der Waals surface area contributed by atoms with Crippen molar-refractivity contribution < 1.29 is 9.53 Å². The molecule has 1 heterocycles. The average molecular weight is 329 g/mol. The number of aromatic nitrogens is 2. The Kier molecular flexibility index (Phi) is 5.73. The molecule has 2 N–H and O–H groups in total.